The SMILES string of the molecule is N#Cc1cc(F)ccc1NC(=O)C1COCC1N. The van der Waals surface area contributed by atoms with Gasteiger partial charge in [-0.2, -0.15) is 5.26 Å². The van der Waals surface area contributed by atoms with E-state index in [-0.39, 0.29) is 29.8 Å². The van der Waals surface area contributed by atoms with E-state index >= 15 is 0 Å². The number of carbonyl (C=O) groups excluding carboxylic acids is 1. The van der Waals surface area contributed by atoms with Crippen LogP contribution in [0.25, 0.3) is 0 Å². The number of amides is 1. The van der Waals surface area contributed by atoms with Crippen molar-refractivity contribution < 1.29 is 13.9 Å². The number of benzene rings is 1. The summed E-state index contributed by atoms with van der Waals surface area (Å²) in [7, 11) is 0. The second-order valence-electron chi connectivity index (χ2n) is 4.10. The topological polar surface area (TPSA) is 88.1 Å². The summed E-state index contributed by atoms with van der Waals surface area (Å²) in [5.41, 5.74) is 6.08. The van der Waals surface area contributed by atoms with Gasteiger partial charge in [0, 0.05) is 6.04 Å². The molecule has 1 aliphatic heterocycles. The highest BCUT2D eigenvalue weighted by molar-refractivity contribution is 5.94. The molecule has 1 fully saturated rings. The maximum absolute atomic E-state index is 12.9. The minimum absolute atomic E-state index is 0.0795. The van der Waals surface area contributed by atoms with Crippen LogP contribution in [-0.2, 0) is 9.53 Å². The molecule has 1 aromatic rings. The lowest BCUT2D eigenvalue weighted by molar-refractivity contribution is -0.120. The molecule has 0 saturated carbocycles. The molecule has 1 amide bonds. The Morgan fingerprint density at radius 1 is 1.56 bits per heavy atom. The smallest absolute Gasteiger partial charge is 0.231 e. The number of nitriles is 1. The standard InChI is InChI=1S/C12H12FN3O2/c13-8-1-2-11(7(3-8)4-14)16-12(17)9-5-18-6-10(9)15/h1-3,9-10H,5-6,15H2,(H,16,17). The second kappa shape index (κ2) is 5.12. The maximum Gasteiger partial charge on any atom is 0.231 e. The minimum atomic E-state index is -0.523. The molecule has 2 unspecified atom stereocenters. The first-order valence-corrected chi connectivity index (χ1v) is 5.45. The average molecular weight is 249 g/mol. The first-order valence-electron chi connectivity index (χ1n) is 5.45. The highest BCUT2D eigenvalue weighted by Crippen LogP contribution is 2.19. The Balaban J connectivity index is 2.14. The van der Waals surface area contributed by atoms with Gasteiger partial charge in [-0.25, -0.2) is 4.39 Å². The van der Waals surface area contributed by atoms with Crippen LogP contribution in [0.5, 0.6) is 0 Å². The number of nitrogens with one attached hydrogen (secondary N) is 1. The zero-order valence-electron chi connectivity index (χ0n) is 9.52. The lowest BCUT2D eigenvalue weighted by atomic mass is 10.0. The fourth-order valence-corrected chi connectivity index (χ4v) is 1.78. The van der Waals surface area contributed by atoms with Gasteiger partial charge in [0.1, 0.15) is 11.9 Å². The molecule has 2 atom stereocenters. The van der Waals surface area contributed by atoms with Crippen LogP contribution in [0.2, 0.25) is 0 Å². The maximum atomic E-state index is 12.9. The van der Waals surface area contributed by atoms with Gasteiger partial charge >= 0.3 is 0 Å². The predicted octanol–water partition coefficient (Wildman–Crippen LogP) is 0.610. The van der Waals surface area contributed by atoms with Crippen molar-refractivity contribution in [2.24, 2.45) is 11.7 Å². The van der Waals surface area contributed by atoms with E-state index < -0.39 is 11.7 Å². The minimum Gasteiger partial charge on any atom is -0.379 e. The Hall–Kier alpha value is -1.97. The molecular weight excluding hydrogens is 237 g/mol. The highest BCUT2D eigenvalue weighted by atomic mass is 19.1. The molecule has 1 heterocycles. The fraction of sp³-hybridized carbons (Fsp3) is 0.333. The van der Waals surface area contributed by atoms with Gasteiger partial charge in [-0.3, -0.25) is 4.79 Å². The van der Waals surface area contributed by atoms with Gasteiger partial charge in [0.05, 0.1) is 30.4 Å². The molecule has 0 aliphatic carbocycles. The van der Waals surface area contributed by atoms with Gasteiger partial charge in [-0.15, -0.1) is 0 Å². The van der Waals surface area contributed by atoms with Crippen LogP contribution >= 0.6 is 0 Å². The van der Waals surface area contributed by atoms with Crippen molar-refractivity contribution in [1.82, 2.24) is 0 Å². The molecule has 0 spiro atoms. The van der Waals surface area contributed by atoms with E-state index in [1.807, 2.05) is 6.07 Å². The van der Waals surface area contributed by atoms with Crippen LogP contribution in [0.4, 0.5) is 10.1 Å². The van der Waals surface area contributed by atoms with E-state index in [2.05, 4.69) is 5.32 Å². The van der Waals surface area contributed by atoms with Crippen LogP contribution in [0.15, 0.2) is 18.2 Å². The van der Waals surface area contributed by atoms with E-state index in [0.717, 1.165) is 6.07 Å². The number of halogens is 1. The van der Waals surface area contributed by atoms with Crippen molar-refractivity contribution >= 4 is 11.6 Å². The predicted molar refractivity (Wildman–Crippen MR) is 62.0 cm³/mol. The fourth-order valence-electron chi connectivity index (χ4n) is 1.78. The first kappa shape index (κ1) is 12.5. The Morgan fingerprint density at radius 3 is 2.94 bits per heavy atom. The number of nitrogens with two attached hydrogens (primary N) is 1. The normalized spacial score (nSPS) is 22.5. The molecule has 18 heavy (non-hydrogen) atoms. The van der Waals surface area contributed by atoms with E-state index in [1.165, 1.54) is 12.1 Å². The summed E-state index contributed by atoms with van der Waals surface area (Å²) in [6, 6.07) is 5.08. The Kier molecular flexibility index (Phi) is 3.55. The third kappa shape index (κ3) is 2.47. The molecule has 1 aromatic carbocycles. The Morgan fingerprint density at radius 2 is 2.33 bits per heavy atom. The van der Waals surface area contributed by atoms with Crippen LogP contribution in [0.3, 0.4) is 0 Å². The van der Waals surface area contributed by atoms with Gasteiger partial charge in [0.2, 0.25) is 5.91 Å². The number of carbonyl (C=O) groups is 1. The third-order valence-corrected chi connectivity index (χ3v) is 2.82. The Labute approximate surface area is 103 Å². The molecule has 94 valence electrons. The van der Waals surface area contributed by atoms with Gasteiger partial charge < -0.3 is 15.8 Å². The number of ether oxygens (including phenoxy) is 1. The quantitative estimate of drug-likeness (QED) is 0.803. The average Bonchev–Trinajstić information content (AvgIpc) is 2.77. The molecule has 3 N–H and O–H groups in total. The van der Waals surface area contributed by atoms with Gasteiger partial charge in [0.15, 0.2) is 0 Å². The van der Waals surface area contributed by atoms with Crippen LogP contribution in [0.1, 0.15) is 5.56 Å². The summed E-state index contributed by atoms with van der Waals surface area (Å²) in [5, 5.41) is 11.4. The van der Waals surface area contributed by atoms with E-state index in [1.54, 1.807) is 0 Å². The number of nitrogens with zero attached hydrogens (tertiary/aromatic N) is 1. The summed E-state index contributed by atoms with van der Waals surface area (Å²) >= 11 is 0. The van der Waals surface area contributed by atoms with Crippen LogP contribution in [-0.4, -0.2) is 25.2 Å². The van der Waals surface area contributed by atoms with Crippen LogP contribution in [0, 0.1) is 23.1 Å². The van der Waals surface area contributed by atoms with Gasteiger partial charge in [-0.05, 0) is 18.2 Å². The van der Waals surface area contributed by atoms with Crippen molar-refractivity contribution in [3.05, 3.63) is 29.6 Å². The molecule has 1 aliphatic rings. The molecule has 0 bridgehead atoms. The molecule has 2 rings (SSSR count). The van der Waals surface area contributed by atoms with Crippen molar-refractivity contribution in [2.45, 2.75) is 6.04 Å². The summed E-state index contributed by atoms with van der Waals surface area (Å²) in [4.78, 5) is 11.9. The number of hydrogen-bond donors (Lipinski definition) is 2. The van der Waals surface area contributed by atoms with Gasteiger partial charge in [0.25, 0.3) is 0 Å². The van der Waals surface area contributed by atoms with Gasteiger partial charge in [-0.1, -0.05) is 0 Å². The molecule has 0 aromatic heterocycles. The highest BCUT2D eigenvalue weighted by Gasteiger charge is 2.31. The number of rotatable bonds is 2. The summed E-state index contributed by atoms with van der Waals surface area (Å²) < 4.78 is 18.0. The Bertz CT molecular complexity index is 513. The zero-order valence-corrected chi connectivity index (χ0v) is 9.52. The number of hydrogen-bond acceptors (Lipinski definition) is 4. The van der Waals surface area contributed by atoms with E-state index in [0.29, 0.717) is 6.61 Å². The molecule has 5 nitrogen and oxygen atoms in total. The van der Waals surface area contributed by atoms with Crippen molar-refractivity contribution in [2.75, 3.05) is 18.5 Å². The summed E-state index contributed by atoms with van der Waals surface area (Å²) in [5.74, 6) is -1.28. The summed E-state index contributed by atoms with van der Waals surface area (Å²) in [6.07, 6.45) is 0. The summed E-state index contributed by atoms with van der Waals surface area (Å²) in [6.45, 7) is 0.600. The molecule has 1 saturated heterocycles. The monoisotopic (exact) mass is 249 g/mol. The molecule has 0 radical (unpaired) electrons. The van der Waals surface area contributed by atoms with Crippen molar-refractivity contribution in [1.29, 1.82) is 5.26 Å². The van der Waals surface area contributed by atoms with E-state index in [4.69, 9.17) is 15.7 Å². The van der Waals surface area contributed by atoms with Crippen LogP contribution < -0.4 is 11.1 Å². The third-order valence-electron chi connectivity index (χ3n) is 2.82. The second-order valence-corrected chi connectivity index (χ2v) is 4.10. The van der Waals surface area contributed by atoms with E-state index in [9.17, 15) is 9.18 Å². The zero-order chi connectivity index (χ0) is 13.1. The van der Waals surface area contributed by atoms with Crippen molar-refractivity contribution in [3.63, 3.8) is 0 Å². The molecule has 6 heteroatoms. The number of anilines is 1. The lowest BCUT2D eigenvalue weighted by Crippen LogP contribution is -2.37. The van der Waals surface area contributed by atoms with Crippen molar-refractivity contribution in [3.8, 4) is 6.07 Å². The molecular formula is C12H12FN3O2. The first-order chi connectivity index (χ1) is 8.61. The lowest BCUT2D eigenvalue weighted by Gasteiger charge is -2.14. The largest absolute Gasteiger partial charge is 0.379 e.